The second kappa shape index (κ2) is 10.6. The van der Waals surface area contributed by atoms with Crippen molar-refractivity contribution in [3.63, 3.8) is 0 Å². The van der Waals surface area contributed by atoms with E-state index in [-0.39, 0.29) is 29.1 Å². The molecular weight excluding hydrogens is 409 g/mol. The molecule has 0 aromatic rings. The minimum atomic E-state index is -4.59. The number of hydrogen-bond donors (Lipinski definition) is 0. The first kappa shape index (κ1) is 27.8. The smallest absolute Gasteiger partial charge is 0.422 e. The Labute approximate surface area is 185 Å². The Balaban J connectivity index is 3.18. The van der Waals surface area contributed by atoms with E-state index in [1.54, 1.807) is 6.92 Å². The molecule has 7 heteroatoms. The Morgan fingerprint density at radius 2 is 1.48 bits per heavy atom. The summed E-state index contributed by atoms with van der Waals surface area (Å²) >= 11 is 0. The summed E-state index contributed by atoms with van der Waals surface area (Å²) in [5.41, 5.74) is -1.52. The van der Waals surface area contributed by atoms with Crippen molar-refractivity contribution in [1.29, 1.82) is 0 Å². The predicted molar refractivity (Wildman–Crippen MR) is 114 cm³/mol. The molecule has 0 heterocycles. The third-order valence-corrected chi connectivity index (χ3v) is 6.75. The van der Waals surface area contributed by atoms with Crippen LogP contribution in [0.1, 0.15) is 99.8 Å². The van der Waals surface area contributed by atoms with Gasteiger partial charge in [0.25, 0.3) is 0 Å². The van der Waals surface area contributed by atoms with Gasteiger partial charge in [-0.3, -0.25) is 9.59 Å². The van der Waals surface area contributed by atoms with Crippen LogP contribution >= 0.6 is 0 Å². The van der Waals surface area contributed by atoms with Crippen LogP contribution in [0.2, 0.25) is 0 Å². The van der Waals surface area contributed by atoms with Crippen LogP contribution in [0.5, 0.6) is 0 Å². The highest BCUT2D eigenvalue weighted by Gasteiger charge is 2.49. The summed E-state index contributed by atoms with van der Waals surface area (Å²) in [4.78, 5) is 26.1. The lowest BCUT2D eigenvalue weighted by molar-refractivity contribution is -0.203. The Morgan fingerprint density at radius 1 is 0.935 bits per heavy atom. The maximum absolute atomic E-state index is 13.5. The Morgan fingerprint density at radius 3 is 1.90 bits per heavy atom. The fraction of sp³-hybridized carbons (Fsp3) is 0.917. The highest BCUT2D eigenvalue weighted by Crippen LogP contribution is 2.44. The van der Waals surface area contributed by atoms with E-state index in [0.29, 0.717) is 19.3 Å². The lowest BCUT2D eigenvalue weighted by Gasteiger charge is -2.44. The van der Waals surface area contributed by atoms with Crippen molar-refractivity contribution in [2.24, 2.45) is 22.7 Å². The first-order chi connectivity index (χ1) is 14.1. The SMILES string of the molecule is CCC(C(=O)OCC(F)(F)F)C1(OC(=O)C(CC(C)(C)CC)C(C)(C)C)CCCCC1. The molecule has 0 bridgehead atoms. The molecule has 0 radical (unpaired) electrons. The Hall–Kier alpha value is -1.27. The van der Waals surface area contributed by atoms with E-state index in [9.17, 15) is 22.8 Å². The summed E-state index contributed by atoms with van der Waals surface area (Å²) in [6.07, 6.45) is 0.597. The van der Waals surface area contributed by atoms with Crippen LogP contribution in [0, 0.1) is 22.7 Å². The quantitative estimate of drug-likeness (QED) is 0.360. The summed E-state index contributed by atoms with van der Waals surface area (Å²) in [6, 6.07) is 0. The monoisotopic (exact) mass is 450 g/mol. The molecule has 1 aliphatic carbocycles. The largest absolute Gasteiger partial charge is 0.458 e. The Bertz CT molecular complexity index is 599. The predicted octanol–water partition coefficient (Wildman–Crippen LogP) is 6.85. The molecule has 1 rings (SSSR count). The fourth-order valence-corrected chi connectivity index (χ4v) is 4.39. The molecule has 0 aromatic heterocycles. The van der Waals surface area contributed by atoms with E-state index in [1.165, 1.54) is 0 Å². The van der Waals surface area contributed by atoms with Crippen LogP contribution in [-0.4, -0.2) is 30.3 Å². The molecule has 4 nitrogen and oxygen atoms in total. The molecule has 0 amide bonds. The van der Waals surface area contributed by atoms with E-state index < -0.39 is 30.3 Å². The standard InChI is InChI=1S/C24H41F3O4/c1-8-17(19(28)30-16-24(25,26)27)23(13-11-10-12-14-23)31-20(29)18(21(3,4)5)15-22(6,7)9-2/h17-18H,8-16H2,1-7H3. The maximum Gasteiger partial charge on any atom is 0.422 e. The molecule has 0 aromatic carbocycles. The minimum absolute atomic E-state index is 0.0630. The highest BCUT2D eigenvalue weighted by atomic mass is 19.4. The third-order valence-electron chi connectivity index (χ3n) is 6.75. The molecule has 1 aliphatic rings. The van der Waals surface area contributed by atoms with Gasteiger partial charge in [0.2, 0.25) is 0 Å². The number of ether oxygens (including phenoxy) is 2. The molecule has 0 aliphatic heterocycles. The fourth-order valence-electron chi connectivity index (χ4n) is 4.39. The average molecular weight is 451 g/mol. The zero-order valence-electron chi connectivity index (χ0n) is 20.3. The summed E-state index contributed by atoms with van der Waals surface area (Å²) in [6.45, 7) is 12.4. The van der Waals surface area contributed by atoms with E-state index in [0.717, 1.165) is 25.7 Å². The number of halogens is 3. The lowest BCUT2D eigenvalue weighted by atomic mass is 9.70. The normalized spacial score (nSPS) is 19.4. The van der Waals surface area contributed by atoms with Gasteiger partial charge in [0.05, 0.1) is 11.8 Å². The minimum Gasteiger partial charge on any atom is -0.458 e. The van der Waals surface area contributed by atoms with Gasteiger partial charge in [-0.05, 0) is 49.4 Å². The lowest BCUT2D eigenvalue weighted by Crippen LogP contribution is -2.50. The van der Waals surface area contributed by atoms with E-state index in [4.69, 9.17) is 4.74 Å². The number of carbonyl (C=O) groups is 2. The number of hydrogen-bond acceptors (Lipinski definition) is 4. The third kappa shape index (κ3) is 8.30. The van der Waals surface area contributed by atoms with Crippen molar-refractivity contribution in [2.75, 3.05) is 6.61 Å². The summed E-state index contributed by atoms with van der Waals surface area (Å²) < 4.78 is 48.5. The molecule has 2 unspecified atom stereocenters. The molecule has 0 spiro atoms. The molecule has 182 valence electrons. The van der Waals surface area contributed by atoms with Crippen LogP contribution in [0.15, 0.2) is 0 Å². The maximum atomic E-state index is 13.5. The van der Waals surface area contributed by atoms with E-state index in [1.807, 2.05) is 20.8 Å². The number of esters is 2. The summed E-state index contributed by atoms with van der Waals surface area (Å²) in [7, 11) is 0. The molecular formula is C24H41F3O4. The summed E-state index contributed by atoms with van der Waals surface area (Å²) in [5, 5.41) is 0. The zero-order valence-corrected chi connectivity index (χ0v) is 20.3. The zero-order chi connectivity index (χ0) is 24.1. The van der Waals surface area contributed by atoms with Crippen LogP contribution in [-0.2, 0) is 19.1 Å². The topological polar surface area (TPSA) is 52.6 Å². The van der Waals surface area contributed by atoms with Crippen molar-refractivity contribution >= 4 is 11.9 Å². The summed E-state index contributed by atoms with van der Waals surface area (Å²) in [5.74, 6) is -2.59. The van der Waals surface area contributed by atoms with Gasteiger partial charge in [-0.25, -0.2) is 0 Å². The molecule has 1 fully saturated rings. The van der Waals surface area contributed by atoms with E-state index >= 15 is 0 Å². The van der Waals surface area contributed by atoms with Crippen LogP contribution < -0.4 is 0 Å². The average Bonchev–Trinajstić information content (AvgIpc) is 2.64. The molecule has 0 saturated heterocycles. The van der Waals surface area contributed by atoms with Gasteiger partial charge in [-0.1, -0.05) is 61.3 Å². The van der Waals surface area contributed by atoms with Crippen molar-refractivity contribution in [3.8, 4) is 0 Å². The van der Waals surface area contributed by atoms with Gasteiger partial charge in [0.15, 0.2) is 6.61 Å². The molecule has 0 N–H and O–H groups in total. The Kier molecular flexibility index (Phi) is 9.46. The number of alkyl halides is 3. The van der Waals surface area contributed by atoms with Gasteiger partial charge in [-0.2, -0.15) is 13.2 Å². The first-order valence-electron chi connectivity index (χ1n) is 11.5. The van der Waals surface area contributed by atoms with Crippen molar-refractivity contribution < 1.29 is 32.2 Å². The van der Waals surface area contributed by atoms with Crippen LogP contribution in [0.4, 0.5) is 13.2 Å². The van der Waals surface area contributed by atoms with Gasteiger partial charge in [0.1, 0.15) is 5.60 Å². The van der Waals surface area contributed by atoms with Gasteiger partial charge in [-0.15, -0.1) is 0 Å². The van der Waals surface area contributed by atoms with Crippen molar-refractivity contribution in [3.05, 3.63) is 0 Å². The van der Waals surface area contributed by atoms with Crippen LogP contribution in [0.25, 0.3) is 0 Å². The highest BCUT2D eigenvalue weighted by molar-refractivity contribution is 5.77. The van der Waals surface area contributed by atoms with Gasteiger partial charge in [0, 0.05) is 0 Å². The van der Waals surface area contributed by atoms with Crippen molar-refractivity contribution in [1.82, 2.24) is 0 Å². The first-order valence-corrected chi connectivity index (χ1v) is 11.5. The van der Waals surface area contributed by atoms with Crippen LogP contribution in [0.3, 0.4) is 0 Å². The molecule has 31 heavy (non-hydrogen) atoms. The van der Waals surface area contributed by atoms with Gasteiger partial charge >= 0.3 is 18.1 Å². The molecule has 2 atom stereocenters. The second-order valence-electron chi connectivity index (χ2n) is 10.9. The number of rotatable bonds is 9. The second-order valence-corrected chi connectivity index (χ2v) is 10.9. The number of carbonyl (C=O) groups excluding carboxylic acids is 2. The molecule has 1 saturated carbocycles. The van der Waals surface area contributed by atoms with Gasteiger partial charge < -0.3 is 9.47 Å². The van der Waals surface area contributed by atoms with Crippen molar-refractivity contribution in [2.45, 2.75) is 112 Å². The van der Waals surface area contributed by atoms with E-state index in [2.05, 4.69) is 25.5 Å².